The highest BCUT2D eigenvalue weighted by Crippen LogP contribution is 2.42. The summed E-state index contributed by atoms with van der Waals surface area (Å²) in [5.74, 6) is 0.461. The molecule has 0 aliphatic carbocycles. The summed E-state index contributed by atoms with van der Waals surface area (Å²) >= 11 is 9.13. The average Bonchev–Trinajstić information content (AvgIpc) is 2.74. The monoisotopic (exact) mass is 686 g/mol. The maximum absolute atomic E-state index is 13.5. The molecule has 0 saturated carbocycles. The number of carbonyl (C=O) groups excluding carboxylic acids is 1. The summed E-state index contributed by atoms with van der Waals surface area (Å²) in [7, 11) is 1.58. The van der Waals surface area contributed by atoms with Crippen LogP contribution >= 0.6 is 54.5 Å². The van der Waals surface area contributed by atoms with Crippen LogP contribution in [0.15, 0.2) is 57.5 Å². The van der Waals surface area contributed by atoms with Crippen molar-refractivity contribution in [3.05, 3.63) is 83.3 Å². The van der Waals surface area contributed by atoms with Gasteiger partial charge in [0, 0.05) is 14.7 Å². The Balaban J connectivity index is 2.15. The minimum absolute atomic E-state index is 0.117. The highest BCUT2D eigenvalue weighted by atomic mass is 127. The van der Waals surface area contributed by atoms with E-state index in [0.29, 0.717) is 42.9 Å². The zero-order valence-corrected chi connectivity index (χ0v) is 23.4. The molecule has 3 rings (SSSR count). The fraction of sp³-hybridized carbons (Fsp3) is 0.200. The maximum Gasteiger partial charge on any atom is 0.307 e. The van der Waals surface area contributed by atoms with Gasteiger partial charge < -0.3 is 14.6 Å². The number of hydrogen-bond acceptors (Lipinski definition) is 4. The molecule has 0 aliphatic heterocycles. The van der Waals surface area contributed by atoms with Crippen molar-refractivity contribution in [2.75, 3.05) is 7.11 Å². The van der Waals surface area contributed by atoms with Crippen LogP contribution in [0.25, 0.3) is 0 Å². The van der Waals surface area contributed by atoms with Gasteiger partial charge in [0.25, 0.3) is 0 Å². The number of aliphatic carboxylic acids is 1. The number of carboxylic acid groups (broad SMARTS) is 1. The van der Waals surface area contributed by atoms with E-state index in [1.54, 1.807) is 31.4 Å². The van der Waals surface area contributed by atoms with Crippen molar-refractivity contribution >= 4 is 66.2 Å². The minimum atomic E-state index is -0.926. The van der Waals surface area contributed by atoms with Crippen LogP contribution in [0.3, 0.4) is 0 Å². The average molecular weight is 688 g/mol. The Morgan fingerprint density at radius 3 is 2.24 bits per heavy atom. The summed E-state index contributed by atoms with van der Waals surface area (Å²) in [6.07, 6.45) is -0.117. The van der Waals surface area contributed by atoms with E-state index in [1.807, 2.05) is 38.1 Å². The van der Waals surface area contributed by atoms with Crippen LogP contribution in [0.5, 0.6) is 17.2 Å². The first-order valence-corrected chi connectivity index (χ1v) is 12.7. The molecule has 1 N–H and O–H groups in total. The molecule has 0 unspecified atom stereocenters. The molecule has 0 bridgehead atoms. The van der Waals surface area contributed by atoms with Gasteiger partial charge in [-0.15, -0.1) is 0 Å². The topological polar surface area (TPSA) is 72.8 Å². The predicted octanol–water partition coefficient (Wildman–Crippen LogP) is 7.60. The van der Waals surface area contributed by atoms with Crippen LogP contribution < -0.4 is 9.47 Å². The lowest BCUT2D eigenvalue weighted by atomic mass is 9.95. The summed E-state index contributed by atoms with van der Waals surface area (Å²) < 4.78 is 13.9. The number of benzene rings is 3. The molecule has 0 saturated heterocycles. The zero-order valence-electron chi connectivity index (χ0n) is 18.1. The minimum Gasteiger partial charge on any atom is -0.496 e. The third kappa shape index (κ3) is 6.16. The van der Waals surface area contributed by atoms with Crippen LogP contribution in [0.1, 0.15) is 46.8 Å². The zero-order chi connectivity index (χ0) is 24.3. The third-order valence-electron chi connectivity index (χ3n) is 4.91. The molecular weight excluding hydrogens is 667 g/mol. The van der Waals surface area contributed by atoms with Gasteiger partial charge in [-0.3, -0.25) is 9.59 Å². The van der Waals surface area contributed by atoms with Crippen LogP contribution in [0, 0.1) is 3.57 Å². The number of rotatable bonds is 8. The summed E-state index contributed by atoms with van der Waals surface area (Å²) in [5, 5.41) is 9.10. The molecule has 172 valence electrons. The van der Waals surface area contributed by atoms with E-state index in [2.05, 4.69) is 54.5 Å². The largest absolute Gasteiger partial charge is 0.496 e. The van der Waals surface area contributed by atoms with E-state index < -0.39 is 5.97 Å². The maximum atomic E-state index is 13.5. The Bertz CT molecular complexity index is 1200. The van der Waals surface area contributed by atoms with Gasteiger partial charge in [-0.1, -0.05) is 26.0 Å². The molecule has 0 radical (unpaired) electrons. The van der Waals surface area contributed by atoms with Gasteiger partial charge in [0.05, 0.1) is 28.0 Å². The molecule has 0 atom stereocenters. The van der Waals surface area contributed by atoms with E-state index in [9.17, 15) is 9.59 Å². The highest BCUT2D eigenvalue weighted by Gasteiger charge is 2.22. The second-order valence-corrected chi connectivity index (χ2v) is 10.6. The van der Waals surface area contributed by atoms with Gasteiger partial charge in [-0.05, 0) is 102 Å². The first kappa shape index (κ1) is 25.7. The smallest absolute Gasteiger partial charge is 0.307 e. The van der Waals surface area contributed by atoms with Crippen LogP contribution in [0.4, 0.5) is 0 Å². The Labute approximate surface area is 222 Å². The lowest BCUT2D eigenvalue weighted by Gasteiger charge is -2.19. The molecule has 0 aromatic heterocycles. The Morgan fingerprint density at radius 1 is 1.03 bits per heavy atom. The van der Waals surface area contributed by atoms with Crippen molar-refractivity contribution in [1.82, 2.24) is 0 Å². The number of hydrogen-bond donors (Lipinski definition) is 1. The Morgan fingerprint density at radius 2 is 1.70 bits per heavy atom. The molecule has 0 spiro atoms. The van der Waals surface area contributed by atoms with E-state index in [4.69, 9.17) is 14.6 Å². The van der Waals surface area contributed by atoms with Crippen molar-refractivity contribution in [2.45, 2.75) is 26.2 Å². The summed E-state index contributed by atoms with van der Waals surface area (Å²) in [4.78, 5) is 24.6. The second-order valence-electron chi connectivity index (χ2n) is 7.65. The number of ketones is 1. The number of methoxy groups -OCH3 is 1. The molecule has 5 nitrogen and oxygen atoms in total. The van der Waals surface area contributed by atoms with E-state index in [-0.39, 0.29) is 18.1 Å². The first-order valence-electron chi connectivity index (χ1n) is 10.0. The number of carbonyl (C=O) groups is 2. The first-order chi connectivity index (χ1) is 15.6. The SMILES string of the molecule is COc1cc(C(=O)c2cccc(I)c2)c(Oc2c(Br)cc(CC(=O)O)cc2Br)cc1C(C)C. The second kappa shape index (κ2) is 11.0. The van der Waals surface area contributed by atoms with Crippen molar-refractivity contribution in [3.8, 4) is 17.2 Å². The molecular formula is C25H21Br2IO5. The van der Waals surface area contributed by atoms with Crippen molar-refractivity contribution in [3.63, 3.8) is 0 Å². The molecule has 3 aromatic carbocycles. The fourth-order valence-electron chi connectivity index (χ4n) is 3.35. The van der Waals surface area contributed by atoms with Gasteiger partial charge in [0.1, 0.15) is 11.5 Å². The summed E-state index contributed by atoms with van der Waals surface area (Å²) in [6.45, 7) is 4.07. The Hall–Kier alpha value is -1.91. The van der Waals surface area contributed by atoms with Crippen molar-refractivity contribution in [1.29, 1.82) is 0 Å². The molecule has 0 aliphatic rings. The molecule has 8 heteroatoms. The highest BCUT2D eigenvalue weighted by molar-refractivity contribution is 14.1. The summed E-state index contributed by atoms with van der Waals surface area (Å²) in [5.41, 5.74) is 2.43. The third-order valence-corrected chi connectivity index (χ3v) is 6.76. The Kier molecular flexibility index (Phi) is 8.58. The quantitative estimate of drug-likeness (QED) is 0.195. The van der Waals surface area contributed by atoms with E-state index >= 15 is 0 Å². The molecule has 33 heavy (non-hydrogen) atoms. The van der Waals surface area contributed by atoms with Crippen molar-refractivity contribution in [2.24, 2.45) is 0 Å². The molecule has 0 fully saturated rings. The number of halogens is 3. The van der Waals surface area contributed by atoms with E-state index in [1.165, 1.54) is 0 Å². The van der Waals surface area contributed by atoms with Crippen LogP contribution in [0.2, 0.25) is 0 Å². The predicted molar refractivity (Wildman–Crippen MR) is 143 cm³/mol. The van der Waals surface area contributed by atoms with Gasteiger partial charge >= 0.3 is 5.97 Å². The van der Waals surface area contributed by atoms with Crippen molar-refractivity contribution < 1.29 is 24.2 Å². The van der Waals surface area contributed by atoms with Gasteiger partial charge in [0.2, 0.25) is 0 Å². The van der Waals surface area contributed by atoms with Crippen LogP contribution in [-0.2, 0) is 11.2 Å². The van der Waals surface area contributed by atoms with Gasteiger partial charge in [-0.2, -0.15) is 0 Å². The van der Waals surface area contributed by atoms with Crippen LogP contribution in [-0.4, -0.2) is 24.0 Å². The van der Waals surface area contributed by atoms with E-state index in [0.717, 1.165) is 9.13 Å². The molecule has 0 heterocycles. The molecule has 0 amide bonds. The summed E-state index contributed by atoms with van der Waals surface area (Å²) in [6, 6.07) is 14.3. The number of ether oxygens (including phenoxy) is 2. The van der Waals surface area contributed by atoms with Gasteiger partial charge in [0.15, 0.2) is 11.5 Å². The lowest BCUT2D eigenvalue weighted by molar-refractivity contribution is -0.136. The fourth-order valence-corrected chi connectivity index (χ4v) is 5.33. The lowest BCUT2D eigenvalue weighted by Crippen LogP contribution is -2.07. The standard InChI is InChI=1S/C25H21Br2IO5/c1-13(2)17-11-22(33-25-19(26)7-14(8-20(25)27)9-23(29)30)18(12-21(17)32-3)24(31)15-5-4-6-16(28)10-15/h4-8,10-13H,9H2,1-3H3,(H,29,30). The number of carboxylic acids is 1. The van der Waals surface area contributed by atoms with Gasteiger partial charge in [-0.25, -0.2) is 0 Å². The normalized spacial score (nSPS) is 10.9. The molecule has 3 aromatic rings.